The van der Waals surface area contributed by atoms with E-state index in [0.717, 1.165) is 54.8 Å². The molecule has 31 heavy (non-hydrogen) atoms. The summed E-state index contributed by atoms with van der Waals surface area (Å²) in [6.07, 6.45) is 3.48. The lowest BCUT2D eigenvalue weighted by atomic mass is 10.1. The fraction of sp³-hybridized carbons (Fsp3) is 0.217. The van der Waals surface area contributed by atoms with E-state index in [-0.39, 0.29) is 0 Å². The number of hydrogen-bond acceptors (Lipinski definition) is 7. The minimum Gasteiger partial charge on any atom is -0.378 e. The summed E-state index contributed by atoms with van der Waals surface area (Å²) in [5.74, 6) is 1.30. The van der Waals surface area contributed by atoms with Crippen LogP contribution in [-0.4, -0.2) is 51.0 Å². The van der Waals surface area contributed by atoms with Crippen molar-refractivity contribution in [3.05, 3.63) is 72.9 Å². The van der Waals surface area contributed by atoms with E-state index >= 15 is 0 Å². The highest BCUT2D eigenvalue weighted by Crippen LogP contribution is 2.25. The molecule has 0 bridgehead atoms. The third-order valence-corrected chi connectivity index (χ3v) is 5.17. The van der Waals surface area contributed by atoms with Crippen molar-refractivity contribution in [2.45, 2.75) is 6.92 Å². The Labute approximate surface area is 180 Å². The highest BCUT2D eigenvalue weighted by molar-refractivity contribution is 5.67. The molecule has 1 saturated heterocycles. The zero-order valence-electron chi connectivity index (χ0n) is 17.3. The number of aromatic nitrogens is 5. The summed E-state index contributed by atoms with van der Waals surface area (Å²) < 4.78 is 7.21. The summed E-state index contributed by atoms with van der Waals surface area (Å²) in [6.45, 7) is 5.21. The molecule has 8 heteroatoms. The van der Waals surface area contributed by atoms with Crippen LogP contribution >= 0.6 is 0 Å². The van der Waals surface area contributed by atoms with Gasteiger partial charge in [-0.2, -0.15) is 5.10 Å². The Morgan fingerprint density at radius 3 is 2.55 bits per heavy atom. The van der Waals surface area contributed by atoms with E-state index in [1.807, 2.05) is 37.3 Å². The molecule has 4 aromatic rings. The van der Waals surface area contributed by atoms with Crippen LogP contribution in [-0.2, 0) is 4.74 Å². The molecule has 5 rings (SSSR count). The van der Waals surface area contributed by atoms with Crippen molar-refractivity contribution in [3.63, 3.8) is 0 Å². The maximum atomic E-state index is 5.46. The highest BCUT2D eigenvalue weighted by atomic mass is 16.5. The van der Waals surface area contributed by atoms with Crippen LogP contribution < -0.4 is 10.2 Å². The van der Waals surface area contributed by atoms with Gasteiger partial charge in [0.15, 0.2) is 0 Å². The molecule has 156 valence electrons. The first kappa shape index (κ1) is 19.2. The molecule has 2 aromatic carbocycles. The van der Waals surface area contributed by atoms with Gasteiger partial charge in [0.25, 0.3) is 0 Å². The van der Waals surface area contributed by atoms with E-state index in [0.29, 0.717) is 5.95 Å². The van der Waals surface area contributed by atoms with Crippen molar-refractivity contribution in [2.24, 2.45) is 0 Å². The molecule has 2 aromatic heterocycles. The molecule has 0 saturated carbocycles. The second kappa shape index (κ2) is 8.53. The normalized spacial score (nSPS) is 13.9. The second-order valence-electron chi connectivity index (χ2n) is 7.32. The minimum absolute atomic E-state index is 0.554. The van der Waals surface area contributed by atoms with Crippen LogP contribution in [0.4, 0.5) is 17.3 Å². The number of anilines is 3. The third-order valence-electron chi connectivity index (χ3n) is 5.17. The summed E-state index contributed by atoms with van der Waals surface area (Å²) in [6, 6.07) is 18.3. The molecule has 1 fully saturated rings. The van der Waals surface area contributed by atoms with Gasteiger partial charge in [-0.25, -0.2) is 19.6 Å². The van der Waals surface area contributed by atoms with Gasteiger partial charge in [-0.3, -0.25) is 0 Å². The summed E-state index contributed by atoms with van der Waals surface area (Å²) in [4.78, 5) is 15.6. The maximum absolute atomic E-state index is 5.46. The molecule has 0 spiro atoms. The first-order chi connectivity index (χ1) is 15.2. The van der Waals surface area contributed by atoms with E-state index in [9.17, 15) is 0 Å². The van der Waals surface area contributed by atoms with Gasteiger partial charge >= 0.3 is 0 Å². The van der Waals surface area contributed by atoms with Crippen LogP contribution in [0.25, 0.3) is 16.9 Å². The fourth-order valence-electron chi connectivity index (χ4n) is 3.56. The predicted molar refractivity (Wildman–Crippen MR) is 120 cm³/mol. The van der Waals surface area contributed by atoms with Gasteiger partial charge in [-0.1, -0.05) is 12.1 Å². The lowest BCUT2D eigenvalue weighted by Gasteiger charge is -2.29. The smallest absolute Gasteiger partial charge is 0.227 e. The van der Waals surface area contributed by atoms with Gasteiger partial charge in [0.2, 0.25) is 5.95 Å². The molecular weight excluding hydrogens is 390 g/mol. The Balaban J connectivity index is 1.33. The van der Waals surface area contributed by atoms with Crippen LogP contribution in [0, 0.1) is 6.92 Å². The van der Waals surface area contributed by atoms with Crippen molar-refractivity contribution in [1.82, 2.24) is 24.7 Å². The largest absolute Gasteiger partial charge is 0.378 e. The molecule has 1 N–H and O–H groups in total. The summed E-state index contributed by atoms with van der Waals surface area (Å²) in [7, 11) is 0. The topological polar surface area (TPSA) is 81.0 Å². The van der Waals surface area contributed by atoms with Crippen LogP contribution in [0.2, 0.25) is 0 Å². The van der Waals surface area contributed by atoms with Crippen molar-refractivity contribution in [2.75, 3.05) is 36.5 Å². The number of benzene rings is 2. The van der Waals surface area contributed by atoms with E-state index in [2.05, 4.69) is 49.5 Å². The standard InChI is InChI=1S/C23H23N7O/c1-17-25-16-30(28-17)20-7-5-19(6-8-20)26-23-24-10-9-22(27-23)18-3-2-4-21(15-18)29-11-13-31-14-12-29/h2-10,15-16H,11-14H2,1H3,(H,24,26,27). The Morgan fingerprint density at radius 1 is 0.935 bits per heavy atom. The van der Waals surface area contributed by atoms with Crippen molar-refractivity contribution < 1.29 is 4.74 Å². The summed E-state index contributed by atoms with van der Waals surface area (Å²) >= 11 is 0. The lowest BCUT2D eigenvalue weighted by molar-refractivity contribution is 0.122. The van der Waals surface area contributed by atoms with Gasteiger partial charge in [-0.15, -0.1) is 0 Å². The zero-order chi connectivity index (χ0) is 21.0. The van der Waals surface area contributed by atoms with E-state index in [1.165, 1.54) is 5.69 Å². The molecule has 0 radical (unpaired) electrons. The van der Waals surface area contributed by atoms with Gasteiger partial charge < -0.3 is 15.0 Å². The predicted octanol–water partition coefficient (Wildman–Crippen LogP) is 3.61. The first-order valence-electron chi connectivity index (χ1n) is 10.3. The maximum Gasteiger partial charge on any atom is 0.227 e. The number of hydrogen-bond donors (Lipinski definition) is 1. The van der Waals surface area contributed by atoms with E-state index in [4.69, 9.17) is 9.72 Å². The molecule has 0 aliphatic carbocycles. The SMILES string of the molecule is Cc1ncn(-c2ccc(Nc3nccc(-c4cccc(N5CCOCC5)c4)n3)cc2)n1. The zero-order valence-corrected chi connectivity index (χ0v) is 17.3. The Morgan fingerprint density at radius 2 is 1.77 bits per heavy atom. The Hall–Kier alpha value is -3.78. The quantitative estimate of drug-likeness (QED) is 0.535. The third kappa shape index (κ3) is 4.39. The average molecular weight is 413 g/mol. The molecule has 8 nitrogen and oxygen atoms in total. The van der Waals surface area contributed by atoms with E-state index < -0.39 is 0 Å². The van der Waals surface area contributed by atoms with Gasteiger partial charge in [-0.05, 0) is 49.4 Å². The number of nitrogens with one attached hydrogen (secondary N) is 1. The molecular formula is C23H23N7O. The minimum atomic E-state index is 0.554. The molecule has 1 aliphatic heterocycles. The van der Waals surface area contributed by atoms with Gasteiger partial charge in [0, 0.05) is 36.2 Å². The highest BCUT2D eigenvalue weighted by Gasteiger charge is 2.12. The van der Waals surface area contributed by atoms with Crippen LogP contribution in [0.15, 0.2) is 67.1 Å². The summed E-state index contributed by atoms with van der Waals surface area (Å²) in [5.41, 5.74) is 4.97. The Bertz CT molecular complexity index is 1170. The monoisotopic (exact) mass is 413 g/mol. The van der Waals surface area contributed by atoms with E-state index in [1.54, 1.807) is 17.2 Å². The van der Waals surface area contributed by atoms with Gasteiger partial charge in [0.05, 0.1) is 24.6 Å². The van der Waals surface area contributed by atoms with Crippen LogP contribution in [0.3, 0.4) is 0 Å². The number of morpholine rings is 1. The number of rotatable bonds is 5. The first-order valence-corrected chi connectivity index (χ1v) is 10.3. The van der Waals surface area contributed by atoms with Crippen molar-refractivity contribution >= 4 is 17.3 Å². The summed E-state index contributed by atoms with van der Waals surface area (Å²) in [5, 5.41) is 7.61. The molecule has 0 amide bonds. The molecule has 0 atom stereocenters. The Kier molecular flexibility index (Phi) is 5.28. The van der Waals surface area contributed by atoms with Gasteiger partial charge in [0.1, 0.15) is 12.2 Å². The fourth-order valence-corrected chi connectivity index (χ4v) is 3.56. The number of nitrogens with zero attached hydrogens (tertiary/aromatic N) is 6. The number of aryl methyl sites for hydroxylation is 1. The second-order valence-corrected chi connectivity index (χ2v) is 7.32. The van der Waals surface area contributed by atoms with Crippen molar-refractivity contribution in [1.29, 1.82) is 0 Å². The van der Waals surface area contributed by atoms with Crippen LogP contribution in [0.1, 0.15) is 5.82 Å². The van der Waals surface area contributed by atoms with Crippen molar-refractivity contribution in [3.8, 4) is 16.9 Å². The molecule has 0 unspecified atom stereocenters. The average Bonchev–Trinajstić information content (AvgIpc) is 3.27. The molecule has 1 aliphatic rings. The number of ether oxygens (including phenoxy) is 1. The lowest BCUT2D eigenvalue weighted by Crippen LogP contribution is -2.36. The molecule has 3 heterocycles. The van der Waals surface area contributed by atoms with Crippen LogP contribution in [0.5, 0.6) is 0 Å².